The van der Waals surface area contributed by atoms with Gasteiger partial charge in [0.2, 0.25) is 0 Å². The van der Waals surface area contributed by atoms with E-state index in [-0.39, 0.29) is 0 Å². The van der Waals surface area contributed by atoms with Crippen LogP contribution in [0.2, 0.25) is 0 Å². The number of fused-ring (bicyclic) bond motifs is 3. The average Bonchev–Trinajstić information content (AvgIpc) is 2.61. The maximum Gasteiger partial charge on any atom is 0.0780 e. The maximum absolute atomic E-state index is 4.68. The molecule has 0 amide bonds. The Kier molecular flexibility index (Phi) is 3.34. The quantitative estimate of drug-likeness (QED) is 0.403. The first-order valence-electron chi connectivity index (χ1n) is 8.11. The van der Waals surface area contributed by atoms with Gasteiger partial charge in [-0.05, 0) is 39.8 Å². The van der Waals surface area contributed by atoms with Gasteiger partial charge in [-0.3, -0.25) is 4.98 Å². The molecule has 0 aliphatic carbocycles. The fourth-order valence-electron chi connectivity index (χ4n) is 3.21. The highest BCUT2D eigenvalue weighted by Gasteiger charge is 2.09. The van der Waals surface area contributed by atoms with Gasteiger partial charge in [-0.25, -0.2) is 0 Å². The Labute approximate surface area is 136 Å². The van der Waals surface area contributed by atoms with Crippen molar-refractivity contribution in [3.63, 3.8) is 0 Å². The molecule has 0 saturated carbocycles. The van der Waals surface area contributed by atoms with E-state index in [0.717, 1.165) is 5.69 Å². The van der Waals surface area contributed by atoms with Gasteiger partial charge in [0.1, 0.15) is 0 Å². The lowest BCUT2D eigenvalue weighted by atomic mass is 9.96. The van der Waals surface area contributed by atoms with E-state index < -0.39 is 0 Å². The zero-order chi connectivity index (χ0) is 15.8. The molecule has 4 aromatic rings. The summed E-state index contributed by atoms with van der Waals surface area (Å²) >= 11 is 0. The summed E-state index contributed by atoms with van der Waals surface area (Å²) in [7, 11) is 0. The number of aromatic nitrogens is 1. The van der Waals surface area contributed by atoms with Gasteiger partial charge in [0, 0.05) is 17.1 Å². The van der Waals surface area contributed by atoms with E-state index in [1.165, 1.54) is 32.7 Å². The van der Waals surface area contributed by atoms with Gasteiger partial charge in [-0.15, -0.1) is 0 Å². The second-order valence-electron chi connectivity index (χ2n) is 6.32. The van der Waals surface area contributed by atoms with E-state index in [2.05, 4.69) is 85.6 Å². The minimum Gasteiger partial charge on any atom is -0.256 e. The van der Waals surface area contributed by atoms with Crippen LogP contribution in [0.3, 0.4) is 0 Å². The molecule has 0 unspecified atom stereocenters. The Balaban J connectivity index is 2.01. The van der Waals surface area contributed by atoms with Crippen LogP contribution in [-0.4, -0.2) is 4.98 Å². The molecule has 3 aromatic carbocycles. The van der Waals surface area contributed by atoms with Gasteiger partial charge in [0.25, 0.3) is 0 Å². The van der Waals surface area contributed by atoms with Crippen molar-refractivity contribution >= 4 is 21.5 Å². The third kappa shape index (κ3) is 2.39. The molecular formula is C22H19N. The Hall–Kier alpha value is -2.67. The van der Waals surface area contributed by atoms with Crippen LogP contribution in [0, 0.1) is 0 Å². The van der Waals surface area contributed by atoms with Crippen molar-refractivity contribution in [2.24, 2.45) is 0 Å². The fourth-order valence-corrected chi connectivity index (χ4v) is 3.21. The van der Waals surface area contributed by atoms with Crippen molar-refractivity contribution in [1.82, 2.24) is 4.98 Å². The van der Waals surface area contributed by atoms with Crippen LogP contribution in [0.25, 0.3) is 32.8 Å². The molecule has 1 heteroatoms. The molecule has 0 saturated heterocycles. The molecule has 1 heterocycles. The number of hydrogen-bond donors (Lipinski definition) is 0. The Morgan fingerprint density at radius 3 is 2.48 bits per heavy atom. The summed E-state index contributed by atoms with van der Waals surface area (Å²) in [5, 5.41) is 5.04. The minimum absolute atomic E-state index is 0.519. The van der Waals surface area contributed by atoms with Crippen molar-refractivity contribution in [2.45, 2.75) is 19.8 Å². The summed E-state index contributed by atoms with van der Waals surface area (Å²) < 4.78 is 0. The van der Waals surface area contributed by atoms with Gasteiger partial charge in [0.15, 0.2) is 0 Å². The highest BCUT2D eigenvalue weighted by Crippen LogP contribution is 2.32. The van der Waals surface area contributed by atoms with E-state index >= 15 is 0 Å². The lowest BCUT2D eigenvalue weighted by molar-refractivity contribution is 0.867. The van der Waals surface area contributed by atoms with Crippen LogP contribution in [0.1, 0.15) is 25.3 Å². The summed E-state index contributed by atoms with van der Waals surface area (Å²) in [5.41, 5.74) is 3.61. The van der Waals surface area contributed by atoms with Crippen molar-refractivity contribution < 1.29 is 0 Å². The largest absolute Gasteiger partial charge is 0.256 e. The normalized spacial score (nSPS) is 11.4. The van der Waals surface area contributed by atoms with Crippen molar-refractivity contribution in [2.75, 3.05) is 0 Å². The number of pyridine rings is 1. The van der Waals surface area contributed by atoms with Crippen LogP contribution < -0.4 is 0 Å². The third-order valence-corrected chi connectivity index (χ3v) is 4.50. The maximum atomic E-state index is 4.68. The molecule has 1 aromatic heterocycles. The number of hydrogen-bond acceptors (Lipinski definition) is 1. The third-order valence-electron chi connectivity index (χ3n) is 4.50. The van der Waals surface area contributed by atoms with E-state index in [1.54, 1.807) is 0 Å². The highest BCUT2D eigenvalue weighted by atomic mass is 14.7. The smallest absolute Gasteiger partial charge is 0.0780 e. The molecule has 112 valence electrons. The molecule has 1 nitrogen and oxygen atoms in total. The monoisotopic (exact) mass is 297 g/mol. The van der Waals surface area contributed by atoms with E-state index in [4.69, 9.17) is 0 Å². The summed E-state index contributed by atoms with van der Waals surface area (Å²) in [6, 6.07) is 23.8. The van der Waals surface area contributed by atoms with Crippen molar-refractivity contribution in [3.05, 3.63) is 78.5 Å². The van der Waals surface area contributed by atoms with Gasteiger partial charge < -0.3 is 0 Å². The first-order chi connectivity index (χ1) is 11.2. The predicted octanol–water partition coefficient (Wildman–Crippen LogP) is 6.18. The van der Waals surface area contributed by atoms with Gasteiger partial charge in [-0.2, -0.15) is 0 Å². The van der Waals surface area contributed by atoms with Crippen LogP contribution in [0.4, 0.5) is 0 Å². The molecule has 0 atom stereocenters. The van der Waals surface area contributed by atoms with E-state index in [0.29, 0.717) is 5.92 Å². The van der Waals surface area contributed by atoms with Crippen LogP contribution in [-0.2, 0) is 0 Å². The summed E-state index contributed by atoms with van der Waals surface area (Å²) in [4.78, 5) is 4.68. The number of nitrogens with zero attached hydrogens (tertiary/aromatic N) is 1. The van der Waals surface area contributed by atoms with Crippen LogP contribution in [0.5, 0.6) is 0 Å². The molecule has 0 radical (unpaired) electrons. The Bertz CT molecular complexity index is 999. The number of benzene rings is 3. The molecule has 0 bridgehead atoms. The molecule has 0 spiro atoms. The second-order valence-corrected chi connectivity index (χ2v) is 6.32. The summed E-state index contributed by atoms with van der Waals surface area (Å²) in [6.45, 7) is 4.45. The minimum atomic E-state index is 0.519. The summed E-state index contributed by atoms with van der Waals surface area (Å²) in [6.07, 6.45) is 1.92. The lowest BCUT2D eigenvalue weighted by Gasteiger charge is -2.11. The first-order valence-corrected chi connectivity index (χ1v) is 8.11. The molecular weight excluding hydrogens is 278 g/mol. The Morgan fingerprint density at radius 1 is 0.739 bits per heavy atom. The van der Waals surface area contributed by atoms with Gasteiger partial charge in [0.05, 0.1) is 5.69 Å². The van der Waals surface area contributed by atoms with Gasteiger partial charge in [-0.1, -0.05) is 68.4 Å². The van der Waals surface area contributed by atoms with E-state index in [9.17, 15) is 0 Å². The number of rotatable bonds is 2. The fraction of sp³-hybridized carbons (Fsp3) is 0.136. The standard InChI is InChI=1S/C22H19N/c1-15(2)17-7-5-8-18(14-17)22-21-11-10-16-6-3-4-9-19(16)20(21)12-13-23-22/h3-15H,1-2H3. The summed E-state index contributed by atoms with van der Waals surface area (Å²) in [5.74, 6) is 0.519. The topological polar surface area (TPSA) is 12.9 Å². The zero-order valence-corrected chi connectivity index (χ0v) is 13.5. The van der Waals surface area contributed by atoms with Crippen LogP contribution >= 0.6 is 0 Å². The molecule has 0 aliphatic rings. The molecule has 0 aliphatic heterocycles. The SMILES string of the molecule is CC(C)c1cccc(-c2nccc3c2ccc2ccccc23)c1. The van der Waals surface area contributed by atoms with Crippen molar-refractivity contribution in [3.8, 4) is 11.3 Å². The second kappa shape index (κ2) is 5.51. The molecule has 0 fully saturated rings. The molecule has 4 rings (SSSR count). The average molecular weight is 297 g/mol. The first kappa shape index (κ1) is 14.0. The molecule has 0 N–H and O–H groups in total. The van der Waals surface area contributed by atoms with Gasteiger partial charge >= 0.3 is 0 Å². The Morgan fingerprint density at radius 2 is 1.61 bits per heavy atom. The van der Waals surface area contributed by atoms with Crippen molar-refractivity contribution in [1.29, 1.82) is 0 Å². The molecule has 23 heavy (non-hydrogen) atoms. The van der Waals surface area contributed by atoms with E-state index in [1.807, 2.05) is 6.20 Å². The highest BCUT2D eigenvalue weighted by molar-refractivity contribution is 6.11. The zero-order valence-electron chi connectivity index (χ0n) is 13.5. The predicted molar refractivity (Wildman–Crippen MR) is 98.8 cm³/mol. The lowest BCUT2D eigenvalue weighted by Crippen LogP contribution is -1.91. The van der Waals surface area contributed by atoms with Crippen LogP contribution in [0.15, 0.2) is 72.9 Å².